The first kappa shape index (κ1) is 17.6. The van der Waals surface area contributed by atoms with Crippen LogP contribution in [-0.2, 0) is 19.6 Å². The summed E-state index contributed by atoms with van der Waals surface area (Å²) in [5, 5.41) is 0. The van der Waals surface area contributed by atoms with Gasteiger partial charge in [0.15, 0.2) is 0 Å². The molecule has 0 radical (unpaired) electrons. The van der Waals surface area contributed by atoms with Gasteiger partial charge in [0.05, 0.1) is 29.8 Å². The lowest BCUT2D eigenvalue weighted by Crippen LogP contribution is -2.32. The summed E-state index contributed by atoms with van der Waals surface area (Å²) < 4.78 is 2.20. The number of fused-ring (bicyclic) bond motifs is 1. The van der Waals surface area contributed by atoms with Crippen molar-refractivity contribution in [2.24, 2.45) is 0 Å². The molecule has 6 heteroatoms. The highest BCUT2D eigenvalue weighted by molar-refractivity contribution is 5.93. The number of aromatic nitrogens is 3. The van der Waals surface area contributed by atoms with Gasteiger partial charge in [0.25, 0.3) is 5.91 Å². The predicted octanol–water partition coefficient (Wildman–Crippen LogP) is 2.47. The normalized spacial score (nSPS) is 14.7. The van der Waals surface area contributed by atoms with Crippen molar-refractivity contribution >= 4 is 5.91 Å². The number of hydrogen-bond donors (Lipinski definition) is 0. The topological polar surface area (TPSA) is 54.3 Å². The number of carbonyl (C=O) groups excluding carboxylic acids is 1. The SMILES string of the molecule is Cc1ccc(C(=O)N2CCCn3cnc(CN(C)C(C)C)c3C2)cn1. The van der Waals surface area contributed by atoms with E-state index in [0.29, 0.717) is 18.2 Å². The van der Waals surface area contributed by atoms with Crippen molar-refractivity contribution in [1.82, 2.24) is 24.3 Å². The Hall–Kier alpha value is -2.21. The highest BCUT2D eigenvalue weighted by atomic mass is 16.2. The fraction of sp³-hybridized carbons (Fsp3) is 0.526. The van der Waals surface area contributed by atoms with Gasteiger partial charge in [0.2, 0.25) is 0 Å². The molecule has 0 fully saturated rings. The van der Waals surface area contributed by atoms with Crippen LogP contribution in [0.2, 0.25) is 0 Å². The van der Waals surface area contributed by atoms with Crippen molar-refractivity contribution in [2.75, 3.05) is 13.6 Å². The molecule has 6 nitrogen and oxygen atoms in total. The molecule has 0 atom stereocenters. The minimum atomic E-state index is 0.0466. The number of carbonyl (C=O) groups is 1. The molecule has 0 unspecified atom stereocenters. The van der Waals surface area contributed by atoms with Crippen LogP contribution in [-0.4, -0.2) is 49.9 Å². The fourth-order valence-corrected chi connectivity index (χ4v) is 3.02. The molecule has 2 aromatic heterocycles. The van der Waals surface area contributed by atoms with E-state index in [9.17, 15) is 4.79 Å². The zero-order chi connectivity index (χ0) is 18.0. The number of hydrogen-bond acceptors (Lipinski definition) is 4. The van der Waals surface area contributed by atoms with Crippen LogP contribution in [0.5, 0.6) is 0 Å². The number of aryl methyl sites for hydroxylation is 2. The largest absolute Gasteiger partial charge is 0.333 e. The van der Waals surface area contributed by atoms with Crippen LogP contribution >= 0.6 is 0 Å². The summed E-state index contributed by atoms with van der Waals surface area (Å²) in [4.78, 5) is 25.9. The summed E-state index contributed by atoms with van der Waals surface area (Å²) in [6.45, 7) is 9.35. The maximum absolute atomic E-state index is 12.9. The molecule has 0 bridgehead atoms. The van der Waals surface area contributed by atoms with Gasteiger partial charge in [0.1, 0.15) is 0 Å². The highest BCUT2D eigenvalue weighted by Gasteiger charge is 2.24. The number of amides is 1. The third-order valence-electron chi connectivity index (χ3n) is 4.93. The van der Waals surface area contributed by atoms with Gasteiger partial charge in [-0.05, 0) is 46.4 Å². The number of nitrogens with zero attached hydrogens (tertiary/aromatic N) is 5. The van der Waals surface area contributed by atoms with Crippen LogP contribution in [0.15, 0.2) is 24.7 Å². The van der Waals surface area contributed by atoms with Crippen LogP contribution in [0.3, 0.4) is 0 Å². The molecule has 0 saturated carbocycles. The zero-order valence-electron chi connectivity index (χ0n) is 15.6. The predicted molar refractivity (Wildman–Crippen MR) is 97.2 cm³/mol. The van der Waals surface area contributed by atoms with Gasteiger partial charge >= 0.3 is 0 Å². The molecule has 25 heavy (non-hydrogen) atoms. The molecule has 1 aliphatic heterocycles. The third kappa shape index (κ3) is 3.90. The lowest BCUT2D eigenvalue weighted by Gasteiger charge is -2.23. The average molecular weight is 341 g/mol. The van der Waals surface area contributed by atoms with Crippen molar-refractivity contribution in [3.8, 4) is 0 Å². The van der Waals surface area contributed by atoms with Crippen molar-refractivity contribution in [3.63, 3.8) is 0 Å². The van der Waals surface area contributed by atoms with Crippen molar-refractivity contribution in [1.29, 1.82) is 0 Å². The Bertz CT molecular complexity index is 735. The Labute approximate surface area is 149 Å². The molecular weight excluding hydrogens is 314 g/mol. The average Bonchev–Trinajstić information content (AvgIpc) is 2.83. The van der Waals surface area contributed by atoms with Crippen LogP contribution < -0.4 is 0 Å². The zero-order valence-corrected chi connectivity index (χ0v) is 15.6. The molecule has 0 N–H and O–H groups in total. The summed E-state index contributed by atoms with van der Waals surface area (Å²) in [5.41, 5.74) is 3.79. The maximum Gasteiger partial charge on any atom is 0.255 e. The molecule has 0 aliphatic carbocycles. The number of pyridine rings is 1. The van der Waals surface area contributed by atoms with E-state index >= 15 is 0 Å². The van der Waals surface area contributed by atoms with E-state index in [-0.39, 0.29) is 5.91 Å². The molecule has 2 aromatic rings. The molecule has 0 spiro atoms. The Balaban J connectivity index is 1.81. The molecule has 1 amide bonds. The van der Waals surface area contributed by atoms with Gasteiger partial charge in [0, 0.05) is 37.6 Å². The fourth-order valence-electron chi connectivity index (χ4n) is 3.02. The second-order valence-electron chi connectivity index (χ2n) is 7.11. The monoisotopic (exact) mass is 341 g/mol. The molecule has 3 rings (SSSR count). The molecule has 3 heterocycles. The number of imidazole rings is 1. The second kappa shape index (κ2) is 7.35. The summed E-state index contributed by atoms with van der Waals surface area (Å²) in [6, 6.07) is 4.21. The van der Waals surface area contributed by atoms with Gasteiger partial charge in [-0.25, -0.2) is 4.98 Å². The Morgan fingerprint density at radius 3 is 2.76 bits per heavy atom. The Morgan fingerprint density at radius 2 is 2.08 bits per heavy atom. The van der Waals surface area contributed by atoms with E-state index in [1.54, 1.807) is 6.20 Å². The quantitative estimate of drug-likeness (QED) is 0.857. The van der Waals surface area contributed by atoms with E-state index in [2.05, 4.69) is 40.3 Å². The molecule has 0 aromatic carbocycles. The lowest BCUT2D eigenvalue weighted by molar-refractivity contribution is 0.0744. The van der Waals surface area contributed by atoms with Crippen LogP contribution in [0.4, 0.5) is 0 Å². The summed E-state index contributed by atoms with van der Waals surface area (Å²) in [7, 11) is 2.11. The van der Waals surface area contributed by atoms with Gasteiger partial charge in [-0.2, -0.15) is 0 Å². The third-order valence-corrected chi connectivity index (χ3v) is 4.93. The lowest BCUT2D eigenvalue weighted by atomic mass is 10.2. The van der Waals surface area contributed by atoms with Crippen LogP contribution in [0, 0.1) is 6.92 Å². The summed E-state index contributed by atoms with van der Waals surface area (Å²) in [6.07, 6.45) is 4.53. The van der Waals surface area contributed by atoms with Crippen molar-refractivity contribution in [3.05, 3.63) is 47.3 Å². The molecule has 1 aliphatic rings. The first-order valence-electron chi connectivity index (χ1n) is 8.90. The highest BCUT2D eigenvalue weighted by Crippen LogP contribution is 2.19. The summed E-state index contributed by atoms with van der Waals surface area (Å²) >= 11 is 0. The van der Waals surface area contributed by atoms with Crippen molar-refractivity contribution < 1.29 is 4.79 Å². The van der Waals surface area contributed by atoms with Gasteiger partial charge in [-0.1, -0.05) is 0 Å². The second-order valence-corrected chi connectivity index (χ2v) is 7.11. The first-order valence-corrected chi connectivity index (χ1v) is 8.90. The number of rotatable bonds is 4. The standard InChI is InChI=1S/C19H27N5O/c1-14(2)22(4)11-17-18-12-23(8-5-9-24(18)13-21-17)19(25)16-7-6-15(3)20-10-16/h6-7,10,13-14H,5,8-9,11-12H2,1-4H3. The minimum Gasteiger partial charge on any atom is -0.333 e. The molecule has 134 valence electrons. The van der Waals surface area contributed by atoms with Gasteiger partial charge < -0.3 is 9.47 Å². The van der Waals surface area contributed by atoms with Gasteiger partial charge in [-0.3, -0.25) is 14.7 Å². The Kier molecular flexibility index (Phi) is 5.18. The molecule has 0 saturated heterocycles. The van der Waals surface area contributed by atoms with E-state index in [1.165, 1.54) is 0 Å². The van der Waals surface area contributed by atoms with E-state index in [4.69, 9.17) is 0 Å². The molecular formula is C19H27N5O. The van der Waals surface area contributed by atoms with Crippen molar-refractivity contribution in [2.45, 2.75) is 52.9 Å². The van der Waals surface area contributed by atoms with Crippen LogP contribution in [0.25, 0.3) is 0 Å². The minimum absolute atomic E-state index is 0.0466. The maximum atomic E-state index is 12.9. The Morgan fingerprint density at radius 1 is 1.28 bits per heavy atom. The van der Waals surface area contributed by atoms with Crippen LogP contribution in [0.1, 0.15) is 47.7 Å². The van der Waals surface area contributed by atoms with E-state index < -0.39 is 0 Å². The summed E-state index contributed by atoms with van der Waals surface area (Å²) in [5.74, 6) is 0.0466. The van der Waals surface area contributed by atoms with Gasteiger partial charge in [-0.15, -0.1) is 0 Å². The smallest absolute Gasteiger partial charge is 0.255 e. The van der Waals surface area contributed by atoms with E-state index in [0.717, 1.165) is 43.1 Å². The van der Waals surface area contributed by atoms with E-state index in [1.807, 2.05) is 30.3 Å². The first-order chi connectivity index (χ1) is 12.0.